The molecule has 0 bridgehead atoms. The third-order valence-corrected chi connectivity index (χ3v) is 2.58. The van der Waals surface area contributed by atoms with E-state index in [2.05, 4.69) is 15.9 Å². The van der Waals surface area contributed by atoms with Crippen molar-refractivity contribution in [1.82, 2.24) is 0 Å². The number of halogens is 3. The van der Waals surface area contributed by atoms with Gasteiger partial charge in [0.05, 0.1) is 10.5 Å². The quantitative estimate of drug-likeness (QED) is 0.487. The molecular formula is C9H6BrF2NO3. The van der Waals surface area contributed by atoms with Crippen molar-refractivity contribution in [1.29, 1.82) is 0 Å². The predicted molar refractivity (Wildman–Crippen MR) is 55.8 cm³/mol. The molecule has 0 aliphatic carbocycles. The van der Waals surface area contributed by atoms with E-state index in [-0.39, 0.29) is 10.0 Å². The van der Waals surface area contributed by atoms with Gasteiger partial charge in [0, 0.05) is 16.1 Å². The van der Waals surface area contributed by atoms with E-state index in [9.17, 15) is 23.7 Å². The number of Topliss-reactive ketones (excluding diaryl/α,β-unsaturated/α-hetero) is 1. The summed E-state index contributed by atoms with van der Waals surface area (Å²) in [6.45, 7) is 1.20. The number of nitrogens with zero attached hydrogens (tertiary/aromatic N) is 1. The van der Waals surface area contributed by atoms with Crippen LogP contribution < -0.4 is 0 Å². The van der Waals surface area contributed by atoms with E-state index in [0.29, 0.717) is 0 Å². The first kappa shape index (κ1) is 12.7. The largest absolute Gasteiger partial charge is 0.294 e. The highest BCUT2D eigenvalue weighted by Crippen LogP contribution is 2.33. The van der Waals surface area contributed by atoms with Gasteiger partial charge in [-0.1, -0.05) is 0 Å². The highest BCUT2D eigenvalue weighted by Gasteiger charge is 2.24. The SMILES string of the molecule is CC(=O)c1cc(C(F)F)c([N+](=O)[O-])cc1Br. The van der Waals surface area contributed by atoms with Crippen molar-refractivity contribution >= 4 is 27.4 Å². The second-order valence-electron chi connectivity index (χ2n) is 3.00. The molecule has 0 spiro atoms. The lowest BCUT2D eigenvalue weighted by Crippen LogP contribution is -2.01. The van der Waals surface area contributed by atoms with Gasteiger partial charge in [-0.25, -0.2) is 8.78 Å². The minimum atomic E-state index is -2.99. The molecule has 1 aromatic carbocycles. The van der Waals surface area contributed by atoms with Crippen LogP contribution in [0.5, 0.6) is 0 Å². The zero-order chi connectivity index (χ0) is 12.5. The highest BCUT2D eigenvalue weighted by atomic mass is 79.9. The van der Waals surface area contributed by atoms with E-state index in [0.717, 1.165) is 12.1 Å². The number of carbonyl (C=O) groups excluding carboxylic acids is 1. The average molecular weight is 294 g/mol. The Morgan fingerprint density at radius 2 is 2.06 bits per heavy atom. The van der Waals surface area contributed by atoms with Crippen LogP contribution in [0, 0.1) is 10.1 Å². The predicted octanol–water partition coefficient (Wildman–Crippen LogP) is 3.50. The van der Waals surface area contributed by atoms with Crippen LogP contribution in [0.3, 0.4) is 0 Å². The zero-order valence-electron chi connectivity index (χ0n) is 8.04. The summed E-state index contributed by atoms with van der Waals surface area (Å²) in [5.41, 5.74) is -1.45. The second-order valence-corrected chi connectivity index (χ2v) is 3.86. The molecule has 0 aromatic heterocycles. The van der Waals surface area contributed by atoms with Gasteiger partial charge in [-0.05, 0) is 28.9 Å². The summed E-state index contributed by atoms with van der Waals surface area (Å²) in [4.78, 5) is 20.7. The standard InChI is InChI=1S/C9H6BrF2NO3/c1-4(14)5-2-6(9(11)12)8(13(15)16)3-7(5)10/h2-3,9H,1H3. The second kappa shape index (κ2) is 4.65. The summed E-state index contributed by atoms with van der Waals surface area (Å²) in [7, 11) is 0. The van der Waals surface area contributed by atoms with Gasteiger partial charge in [0.2, 0.25) is 0 Å². The number of rotatable bonds is 3. The van der Waals surface area contributed by atoms with E-state index in [1.165, 1.54) is 6.92 Å². The Balaban J connectivity index is 3.49. The molecule has 0 unspecified atom stereocenters. The molecule has 1 aromatic rings. The van der Waals surface area contributed by atoms with Crippen LogP contribution in [0.1, 0.15) is 29.3 Å². The van der Waals surface area contributed by atoms with Crippen molar-refractivity contribution in [2.45, 2.75) is 13.3 Å². The summed E-state index contributed by atoms with van der Waals surface area (Å²) in [6.07, 6.45) is -2.99. The van der Waals surface area contributed by atoms with Crippen molar-refractivity contribution in [3.8, 4) is 0 Å². The number of nitro benzene ring substituents is 1. The van der Waals surface area contributed by atoms with Crippen molar-refractivity contribution < 1.29 is 18.5 Å². The minimum Gasteiger partial charge on any atom is -0.294 e. The van der Waals surface area contributed by atoms with Gasteiger partial charge in [0.25, 0.3) is 12.1 Å². The van der Waals surface area contributed by atoms with Gasteiger partial charge in [0.1, 0.15) is 0 Å². The van der Waals surface area contributed by atoms with Crippen LogP contribution in [0.4, 0.5) is 14.5 Å². The molecule has 0 saturated heterocycles. The third-order valence-electron chi connectivity index (χ3n) is 1.93. The van der Waals surface area contributed by atoms with Crippen LogP contribution in [0.2, 0.25) is 0 Å². The van der Waals surface area contributed by atoms with Crippen LogP contribution in [0.25, 0.3) is 0 Å². The summed E-state index contributed by atoms with van der Waals surface area (Å²) >= 11 is 2.93. The van der Waals surface area contributed by atoms with Crippen LogP contribution in [-0.2, 0) is 0 Å². The van der Waals surface area contributed by atoms with Crippen LogP contribution in [0.15, 0.2) is 16.6 Å². The lowest BCUT2D eigenvalue weighted by molar-refractivity contribution is -0.386. The molecule has 0 radical (unpaired) electrons. The fraction of sp³-hybridized carbons (Fsp3) is 0.222. The molecule has 1 rings (SSSR count). The summed E-state index contributed by atoms with van der Waals surface area (Å²) in [5.74, 6) is -0.441. The van der Waals surface area contributed by atoms with E-state index >= 15 is 0 Å². The van der Waals surface area contributed by atoms with Crippen LogP contribution >= 0.6 is 15.9 Å². The maximum atomic E-state index is 12.5. The van der Waals surface area contributed by atoms with Gasteiger partial charge < -0.3 is 0 Å². The molecule has 0 heterocycles. The lowest BCUT2D eigenvalue weighted by Gasteiger charge is -2.05. The Morgan fingerprint density at radius 1 is 1.50 bits per heavy atom. The number of nitro groups is 1. The molecular weight excluding hydrogens is 288 g/mol. The number of alkyl halides is 2. The van der Waals surface area contributed by atoms with Crippen molar-refractivity contribution in [3.05, 3.63) is 37.8 Å². The first-order valence-electron chi connectivity index (χ1n) is 4.11. The first-order valence-corrected chi connectivity index (χ1v) is 4.90. The minimum absolute atomic E-state index is 0.000833. The first-order chi connectivity index (χ1) is 7.34. The van der Waals surface area contributed by atoms with E-state index in [1.54, 1.807) is 0 Å². The van der Waals surface area contributed by atoms with E-state index in [1.807, 2.05) is 0 Å². The van der Waals surface area contributed by atoms with Gasteiger partial charge >= 0.3 is 0 Å². The van der Waals surface area contributed by atoms with Crippen molar-refractivity contribution in [3.63, 3.8) is 0 Å². The van der Waals surface area contributed by atoms with Gasteiger partial charge in [-0.3, -0.25) is 14.9 Å². The fourth-order valence-electron chi connectivity index (χ4n) is 1.18. The Morgan fingerprint density at radius 3 is 2.44 bits per heavy atom. The number of benzene rings is 1. The van der Waals surface area contributed by atoms with Crippen LogP contribution in [-0.4, -0.2) is 10.7 Å². The molecule has 0 aliphatic heterocycles. The molecule has 0 N–H and O–H groups in total. The Bertz CT molecular complexity index is 462. The zero-order valence-corrected chi connectivity index (χ0v) is 9.62. The summed E-state index contributed by atoms with van der Waals surface area (Å²) in [5, 5.41) is 10.5. The van der Waals surface area contributed by atoms with Gasteiger partial charge in [-0.2, -0.15) is 0 Å². The average Bonchev–Trinajstić information content (AvgIpc) is 2.15. The molecule has 86 valence electrons. The number of hydrogen-bond donors (Lipinski definition) is 0. The van der Waals surface area contributed by atoms with Crippen molar-refractivity contribution in [2.75, 3.05) is 0 Å². The third kappa shape index (κ3) is 2.41. The molecule has 16 heavy (non-hydrogen) atoms. The summed E-state index contributed by atoms with van der Waals surface area (Å²) in [6, 6.07) is 1.76. The Kier molecular flexibility index (Phi) is 3.69. The summed E-state index contributed by atoms with van der Waals surface area (Å²) < 4.78 is 25.2. The Labute approximate surface area is 97.5 Å². The van der Waals surface area contributed by atoms with E-state index < -0.39 is 28.4 Å². The number of ketones is 1. The molecule has 0 atom stereocenters. The maximum Gasteiger partial charge on any atom is 0.279 e. The number of hydrogen-bond acceptors (Lipinski definition) is 3. The van der Waals surface area contributed by atoms with Gasteiger partial charge in [-0.15, -0.1) is 0 Å². The number of carbonyl (C=O) groups is 1. The van der Waals surface area contributed by atoms with Gasteiger partial charge in [0.15, 0.2) is 5.78 Å². The molecule has 0 amide bonds. The smallest absolute Gasteiger partial charge is 0.279 e. The fourth-order valence-corrected chi connectivity index (χ4v) is 1.79. The lowest BCUT2D eigenvalue weighted by atomic mass is 10.1. The van der Waals surface area contributed by atoms with E-state index in [4.69, 9.17) is 0 Å². The topological polar surface area (TPSA) is 60.2 Å². The van der Waals surface area contributed by atoms with Crippen molar-refractivity contribution in [2.24, 2.45) is 0 Å². The molecule has 7 heteroatoms. The molecule has 0 saturated carbocycles. The normalized spacial score (nSPS) is 10.6. The maximum absolute atomic E-state index is 12.5. The molecule has 0 fully saturated rings. The monoisotopic (exact) mass is 293 g/mol. The highest BCUT2D eigenvalue weighted by molar-refractivity contribution is 9.10. The molecule has 0 aliphatic rings. The Hall–Kier alpha value is -1.37. The molecule has 4 nitrogen and oxygen atoms in total.